The van der Waals surface area contributed by atoms with Crippen molar-refractivity contribution < 1.29 is 8.78 Å². The van der Waals surface area contributed by atoms with Crippen molar-refractivity contribution in [3.05, 3.63) is 29.8 Å². The lowest BCUT2D eigenvalue weighted by atomic mass is 10.0. The van der Waals surface area contributed by atoms with Crippen LogP contribution in [0.3, 0.4) is 0 Å². The first-order valence-corrected chi connectivity index (χ1v) is 4.56. The highest BCUT2D eigenvalue weighted by Crippen LogP contribution is 2.22. The normalized spacial score (nSPS) is 13.0. The summed E-state index contributed by atoms with van der Waals surface area (Å²) in [5, 5.41) is 13.2. The van der Waals surface area contributed by atoms with E-state index < -0.39 is 12.5 Å². The number of nitrogens with zero attached hydrogens (tertiary/aromatic N) is 3. The summed E-state index contributed by atoms with van der Waals surface area (Å²) in [6, 6.07) is 5.10. The van der Waals surface area contributed by atoms with Gasteiger partial charge in [-0.2, -0.15) is 5.21 Å². The molecule has 1 unspecified atom stereocenters. The SMILES string of the molecule is NC(c1cccc(-c2nn[nH]n2)c1)C(F)F. The van der Waals surface area contributed by atoms with Gasteiger partial charge < -0.3 is 5.73 Å². The van der Waals surface area contributed by atoms with Crippen molar-refractivity contribution in [2.75, 3.05) is 0 Å². The van der Waals surface area contributed by atoms with E-state index in [0.717, 1.165) is 0 Å². The van der Waals surface area contributed by atoms with Crippen LogP contribution >= 0.6 is 0 Å². The van der Waals surface area contributed by atoms with E-state index in [2.05, 4.69) is 20.6 Å². The fourth-order valence-corrected chi connectivity index (χ4v) is 1.31. The molecule has 5 nitrogen and oxygen atoms in total. The maximum Gasteiger partial charge on any atom is 0.257 e. The minimum atomic E-state index is -2.60. The Morgan fingerprint density at radius 3 is 2.75 bits per heavy atom. The van der Waals surface area contributed by atoms with Gasteiger partial charge in [-0.3, -0.25) is 0 Å². The fourth-order valence-electron chi connectivity index (χ4n) is 1.31. The lowest BCUT2D eigenvalue weighted by Gasteiger charge is -2.10. The van der Waals surface area contributed by atoms with E-state index in [0.29, 0.717) is 17.0 Å². The molecule has 1 atom stereocenters. The predicted molar refractivity (Wildman–Crippen MR) is 52.5 cm³/mol. The Kier molecular flexibility index (Phi) is 2.86. The smallest absolute Gasteiger partial charge is 0.257 e. The lowest BCUT2D eigenvalue weighted by molar-refractivity contribution is 0.116. The van der Waals surface area contributed by atoms with Gasteiger partial charge in [0.15, 0.2) is 0 Å². The van der Waals surface area contributed by atoms with Crippen molar-refractivity contribution in [2.45, 2.75) is 12.5 Å². The van der Waals surface area contributed by atoms with Crippen molar-refractivity contribution in [2.24, 2.45) is 5.73 Å². The largest absolute Gasteiger partial charge is 0.319 e. The van der Waals surface area contributed by atoms with Gasteiger partial charge in [0.25, 0.3) is 6.43 Å². The average Bonchev–Trinajstić information content (AvgIpc) is 2.81. The summed E-state index contributed by atoms with van der Waals surface area (Å²) in [5.74, 6) is 0.350. The number of H-pyrrole nitrogens is 1. The highest BCUT2D eigenvalue weighted by Gasteiger charge is 2.18. The van der Waals surface area contributed by atoms with Gasteiger partial charge in [-0.05, 0) is 16.8 Å². The summed E-state index contributed by atoms with van der Waals surface area (Å²) in [6.07, 6.45) is -2.60. The van der Waals surface area contributed by atoms with Gasteiger partial charge >= 0.3 is 0 Å². The van der Waals surface area contributed by atoms with Crippen LogP contribution in [-0.2, 0) is 0 Å². The molecule has 84 valence electrons. The molecule has 0 amide bonds. The van der Waals surface area contributed by atoms with Gasteiger partial charge in [0.1, 0.15) is 0 Å². The first kappa shape index (κ1) is 10.6. The Hall–Kier alpha value is -1.89. The minimum absolute atomic E-state index is 0.345. The molecule has 0 saturated heterocycles. The van der Waals surface area contributed by atoms with Gasteiger partial charge in [-0.1, -0.05) is 18.2 Å². The summed E-state index contributed by atoms with van der Waals surface area (Å²) in [4.78, 5) is 0. The molecule has 0 aliphatic heterocycles. The van der Waals surface area contributed by atoms with Crippen molar-refractivity contribution in [3.8, 4) is 11.4 Å². The van der Waals surface area contributed by atoms with Crippen LogP contribution in [0.4, 0.5) is 8.78 Å². The molecule has 0 aliphatic rings. The lowest BCUT2D eigenvalue weighted by Crippen LogP contribution is -2.18. The highest BCUT2D eigenvalue weighted by molar-refractivity contribution is 5.55. The molecule has 0 fully saturated rings. The van der Waals surface area contributed by atoms with Crippen LogP contribution in [0.25, 0.3) is 11.4 Å². The number of benzene rings is 1. The maximum atomic E-state index is 12.4. The predicted octanol–water partition coefficient (Wildman–Crippen LogP) is 1.13. The van der Waals surface area contributed by atoms with E-state index in [4.69, 9.17) is 5.73 Å². The third-order valence-electron chi connectivity index (χ3n) is 2.15. The number of hydrogen-bond donors (Lipinski definition) is 2. The summed E-state index contributed by atoms with van der Waals surface area (Å²) < 4.78 is 24.8. The third kappa shape index (κ3) is 2.03. The van der Waals surface area contributed by atoms with E-state index in [9.17, 15) is 8.78 Å². The standard InChI is InChI=1S/C9H9F2N5/c10-8(11)7(12)5-2-1-3-6(4-5)9-13-15-16-14-9/h1-4,7-8H,12H2,(H,13,14,15,16). The monoisotopic (exact) mass is 225 g/mol. The number of alkyl halides is 2. The molecule has 0 saturated carbocycles. The minimum Gasteiger partial charge on any atom is -0.319 e. The highest BCUT2D eigenvalue weighted by atomic mass is 19.3. The van der Waals surface area contributed by atoms with Crippen molar-refractivity contribution in [1.82, 2.24) is 20.6 Å². The van der Waals surface area contributed by atoms with Crippen molar-refractivity contribution >= 4 is 0 Å². The zero-order valence-corrected chi connectivity index (χ0v) is 8.14. The second-order valence-electron chi connectivity index (χ2n) is 3.22. The first-order chi connectivity index (χ1) is 7.68. The van der Waals surface area contributed by atoms with E-state index in [1.807, 2.05) is 0 Å². The van der Waals surface area contributed by atoms with Crippen LogP contribution < -0.4 is 5.73 Å². The van der Waals surface area contributed by atoms with Gasteiger partial charge in [0, 0.05) is 5.56 Å². The molecule has 0 radical (unpaired) electrons. The Balaban J connectivity index is 2.34. The molecule has 16 heavy (non-hydrogen) atoms. The quantitative estimate of drug-likeness (QED) is 0.820. The number of aromatic amines is 1. The topological polar surface area (TPSA) is 80.5 Å². The molecule has 2 rings (SSSR count). The second-order valence-corrected chi connectivity index (χ2v) is 3.22. The number of rotatable bonds is 3. The zero-order chi connectivity index (χ0) is 11.5. The van der Waals surface area contributed by atoms with Gasteiger partial charge in [0.05, 0.1) is 6.04 Å². The number of hydrogen-bond acceptors (Lipinski definition) is 4. The Bertz CT molecular complexity index is 457. The average molecular weight is 225 g/mol. The molecule has 0 aliphatic carbocycles. The molecular formula is C9H9F2N5. The van der Waals surface area contributed by atoms with E-state index in [-0.39, 0.29) is 0 Å². The molecule has 0 bridgehead atoms. The van der Waals surface area contributed by atoms with E-state index in [1.54, 1.807) is 18.2 Å². The molecular weight excluding hydrogens is 216 g/mol. The third-order valence-corrected chi connectivity index (χ3v) is 2.15. The molecule has 0 spiro atoms. The Morgan fingerprint density at radius 2 is 2.12 bits per heavy atom. The number of halogens is 2. The Labute approximate surface area is 89.7 Å². The number of aromatic nitrogens is 4. The summed E-state index contributed by atoms with van der Waals surface area (Å²) in [6.45, 7) is 0. The Morgan fingerprint density at radius 1 is 1.31 bits per heavy atom. The summed E-state index contributed by atoms with van der Waals surface area (Å²) in [5.41, 5.74) is 6.29. The van der Waals surface area contributed by atoms with Crippen molar-refractivity contribution in [1.29, 1.82) is 0 Å². The second kappa shape index (κ2) is 4.31. The van der Waals surface area contributed by atoms with Crippen molar-refractivity contribution in [3.63, 3.8) is 0 Å². The van der Waals surface area contributed by atoms with Gasteiger partial charge in [-0.25, -0.2) is 8.78 Å². The molecule has 1 aromatic heterocycles. The van der Waals surface area contributed by atoms with Gasteiger partial charge in [-0.15, -0.1) is 10.2 Å². The van der Waals surface area contributed by atoms with Crippen LogP contribution in [0, 0.1) is 0 Å². The molecule has 7 heteroatoms. The van der Waals surface area contributed by atoms with Crippen LogP contribution in [0.1, 0.15) is 11.6 Å². The van der Waals surface area contributed by atoms with E-state index in [1.165, 1.54) is 6.07 Å². The maximum absolute atomic E-state index is 12.4. The van der Waals surface area contributed by atoms with Crippen LogP contribution in [0.5, 0.6) is 0 Å². The molecule has 2 aromatic rings. The van der Waals surface area contributed by atoms with Crippen LogP contribution in [0.2, 0.25) is 0 Å². The molecule has 1 aromatic carbocycles. The van der Waals surface area contributed by atoms with Crippen LogP contribution in [0.15, 0.2) is 24.3 Å². The van der Waals surface area contributed by atoms with Crippen LogP contribution in [-0.4, -0.2) is 27.0 Å². The molecule has 3 N–H and O–H groups in total. The fraction of sp³-hybridized carbons (Fsp3) is 0.222. The summed E-state index contributed by atoms with van der Waals surface area (Å²) in [7, 11) is 0. The van der Waals surface area contributed by atoms with E-state index >= 15 is 0 Å². The number of nitrogens with one attached hydrogen (secondary N) is 1. The molecule has 1 heterocycles. The van der Waals surface area contributed by atoms with Gasteiger partial charge in [0.2, 0.25) is 5.82 Å². The zero-order valence-electron chi connectivity index (χ0n) is 8.14. The number of tetrazole rings is 1. The number of nitrogens with two attached hydrogens (primary N) is 1. The summed E-state index contributed by atoms with van der Waals surface area (Å²) >= 11 is 0. The first-order valence-electron chi connectivity index (χ1n) is 4.56.